The minimum Gasteiger partial charge on any atom is -0.490 e. The first-order valence-corrected chi connectivity index (χ1v) is 10.9. The standard InChI is InChI=1S/C27H27NO2/c1-2-6-21(7-3-1)14-17-28-18-15-25(16-19-28)29-24-12-10-22(11-13-24)27-20-23-8-4-5-9-26(23)30-27/h1-13,20,25H,14-19H2. The predicted octanol–water partition coefficient (Wildman–Crippen LogP) is 6.19. The largest absolute Gasteiger partial charge is 0.490 e. The van der Waals surface area contributed by atoms with Crippen molar-refractivity contribution < 1.29 is 9.15 Å². The Bertz CT molecular complexity index is 1040. The van der Waals surface area contributed by atoms with Crippen LogP contribution in [0, 0.1) is 0 Å². The number of piperidine rings is 1. The molecule has 3 heteroatoms. The molecular weight excluding hydrogens is 370 g/mol. The Kier molecular flexibility index (Phi) is 5.54. The summed E-state index contributed by atoms with van der Waals surface area (Å²) in [4.78, 5) is 2.55. The summed E-state index contributed by atoms with van der Waals surface area (Å²) < 4.78 is 12.2. The Morgan fingerprint density at radius 3 is 2.33 bits per heavy atom. The van der Waals surface area contributed by atoms with Crippen LogP contribution < -0.4 is 4.74 Å². The first kappa shape index (κ1) is 19.0. The molecule has 0 bridgehead atoms. The van der Waals surface area contributed by atoms with Gasteiger partial charge in [-0.15, -0.1) is 0 Å². The molecule has 3 nitrogen and oxygen atoms in total. The third-order valence-electron chi connectivity index (χ3n) is 5.96. The van der Waals surface area contributed by atoms with E-state index in [-0.39, 0.29) is 0 Å². The number of fused-ring (bicyclic) bond motifs is 1. The lowest BCUT2D eigenvalue weighted by atomic mass is 10.1. The normalized spacial score (nSPS) is 15.5. The van der Waals surface area contributed by atoms with Crippen molar-refractivity contribution in [3.8, 4) is 17.1 Å². The van der Waals surface area contributed by atoms with Crippen LogP contribution in [-0.2, 0) is 6.42 Å². The van der Waals surface area contributed by atoms with Crippen molar-refractivity contribution in [2.75, 3.05) is 19.6 Å². The van der Waals surface area contributed by atoms with Gasteiger partial charge in [-0.3, -0.25) is 0 Å². The lowest BCUT2D eigenvalue weighted by molar-refractivity contribution is 0.101. The van der Waals surface area contributed by atoms with Crippen molar-refractivity contribution >= 4 is 11.0 Å². The van der Waals surface area contributed by atoms with Crippen molar-refractivity contribution in [1.82, 2.24) is 4.90 Å². The monoisotopic (exact) mass is 397 g/mol. The van der Waals surface area contributed by atoms with Crippen LogP contribution in [-0.4, -0.2) is 30.6 Å². The molecule has 1 aliphatic rings. The summed E-state index contributed by atoms with van der Waals surface area (Å²) in [6.07, 6.45) is 3.59. The van der Waals surface area contributed by atoms with E-state index in [1.807, 2.05) is 18.2 Å². The third-order valence-corrected chi connectivity index (χ3v) is 5.96. The van der Waals surface area contributed by atoms with Crippen LogP contribution in [0.15, 0.2) is 89.3 Å². The average molecular weight is 398 g/mol. The zero-order chi connectivity index (χ0) is 20.2. The molecule has 2 heterocycles. The molecule has 5 rings (SSSR count). The number of furan rings is 1. The molecule has 0 radical (unpaired) electrons. The van der Waals surface area contributed by atoms with Gasteiger partial charge >= 0.3 is 0 Å². The first-order chi connectivity index (χ1) is 14.8. The van der Waals surface area contributed by atoms with Crippen molar-refractivity contribution in [3.63, 3.8) is 0 Å². The Morgan fingerprint density at radius 2 is 1.57 bits per heavy atom. The van der Waals surface area contributed by atoms with Crippen LogP contribution in [0.2, 0.25) is 0 Å². The van der Waals surface area contributed by atoms with Gasteiger partial charge in [0.05, 0.1) is 0 Å². The Morgan fingerprint density at radius 1 is 0.833 bits per heavy atom. The fourth-order valence-corrected chi connectivity index (χ4v) is 4.20. The number of rotatable bonds is 6. The SMILES string of the molecule is c1ccc(CCN2CCC(Oc3ccc(-c4cc5ccccc5o4)cc3)CC2)cc1. The highest BCUT2D eigenvalue weighted by Gasteiger charge is 2.20. The van der Waals surface area contributed by atoms with Gasteiger partial charge in [0.2, 0.25) is 0 Å². The summed E-state index contributed by atoms with van der Waals surface area (Å²) in [7, 11) is 0. The maximum absolute atomic E-state index is 6.26. The summed E-state index contributed by atoms with van der Waals surface area (Å²) in [6, 6.07) is 29.2. The molecular formula is C27H27NO2. The van der Waals surface area contributed by atoms with Crippen LogP contribution in [0.25, 0.3) is 22.3 Å². The molecule has 152 valence electrons. The van der Waals surface area contributed by atoms with Gasteiger partial charge < -0.3 is 14.1 Å². The third kappa shape index (κ3) is 4.42. The van der Waals surface area contributed by atoms with Crippen molar-refractivity contribution in [1.29, 1.82) is 0 Å². The minimum atomic E-state index is 0.301. The number of likely N-dealkylation sites (tertiary alicyclic amines) is 1. The molecule has 0 atom stereocenters. The van der Waals surface area contributed by atoms with Crippen molar-refractivity contribution in [2.24, 2.45) is 0 Å². The zero-order valence-electron chi connectivity index (χ0n) is 17.2. The molecule has 0 unspecified atom stereocenters. The van der Waals surface area contributed by atoms with Crippen LogP contribution in [0.1, 0.15) is 18.4 Å². The molecule has 1 aromatic heterocycles. The highest BCUT2D eigenvalue weighted by Crippen LogP contribution is 2.29. The number of para-hydroxylation sites is 1. The van der Waals surface area contributed by atoms with Crippen LogP contribution in [0.5, 0.6) is 5.75 Å². The van der Waals surface area contributed by atoms with Crippen LogP contribution >= 0.6 is 0 Å². The number of nitrogens with zero attached hydrogens (tertiary/aromatic N) is 1. The molecule has 0 amide bonds. The van der Waals surface area contributed by atoms with E-state index in [1.54, 1.807) is 0 Å². The minimum absolute atomic E-state index is 0.301. The number of hydrogen-bond acceptors (Lipinski definition) is 3. The fraction of sp³-hybridized carbons (Fsp3) is 0.259. The summed E-state index contributed by atoms with van der Waals surface area (Å²) in [5.74, 6) is 1.84. The molecule has 1 fully saturated rings. The topological polar surface area (TPSA) is 25.6 Å². The lowest BCUT2D eigenvalue weighted by Crippen LogP contribution is -2.39. The molecule has 1 saturated heterocycles. The van der Waals surface area contributed by atoms with Crippen LogP contribution in [0.3, 0.4) is 0 Å². The molecule has 0 N–H and O–H groups in total. The summed E-state index contributed by atoms with van der Waals surface area (Å²) >= 11 is 0. The Labute approximate surface area is 177 Å². The maximum Gasteiger partial charge on any atom is 0.135 e. The molecule has 3 aromatic carbocycles. The fourth-order valence-electron chi connectivity index (χ4n) is 4.20. The highest BCUT2D eigenvalue weighted by atomic mass is 16.5. The van der Waals surface area contributed by atoms with E-state index in [2.05, 4.69) is 71.6 Å². The summed E-state index contributed by atoms with van der Waals surface area (Å²) in [6.45, 7) is 3.34. The van der Waals surface area contributed by atoms with Gasteiger partial charge in [-0.25, -0.2) is 0 Å². The Balaban J connectivity index is 1.13. The van der Waals surface area contributed by atoms with E-state index in [1.165, 1.54) is 5.56 Å². The second kappa shape index (κ2) is 8.76. The van der Waals surface area contributed by atoms with E-state index in [4.69, 9.17) is 9.15 Å². The smallest absolute Gasteiger partial charge is 0.135 e. The average Bonchev–Trinajstić information content (AvgIpc) is 3.24. The van der Waals surface area contributed by atoms with Gasteiger partial charge in [-0.1, -0.05) is 48.5 Å². The molecule has 0 saturated carbocycles. The van der Waals surface area contributed by atoms with Gasteiger partial charge in [0, 0.05) is 30.6 Å². The molecule has 4 aromatic rings. The van der Waals surface area contributed by atoms with Crippen molar-refractivity contribution in [2.45, 2.75) is 25.4 Å². The predicted molar refractivity (Wildman–Crippen MR) is 122 cm³/mol. The van der Waals surface area contributed by atoms with E-state index < -0.39 is 0 Å². The number of benzene rings is 3. The maximum atomic E-state index is 6.26. The molecule has 1 aliphatic heterocycles. The van der Waals surface area contributed by atoms with E-state index >= 15 is 0 Å². The first-order valence-electron chi connectivity index (χ1n) is 10.9. The number of hydrogen-bond donors (Lipinski definition) is 0. The summed E-state index contributed by atoms with van der Waals surface area (Å²) in [5, 5.41) is 1.13. The van der Waals surface area contributed by atoms with Gasteiger partial charge in [0.25, 0.3) is 0 Å². The van der Waals surface area contributed by atoms with Gasteiger partial charge in [-0.05, 0) is 61.2 Å². The summed E-state index contributed by atoms with van der Waals surface area (Å²) in [5.41, 5.74) is 3.42. The van der Waals surface area contributed by atoms with Crippen molar-refractivity contribution in [3.05, 3.63) is 90.5 Å². The van der Waals surface area contributed by atoms with E-state index in [0.29, 0.717) is 6.10 Å². The molecule has 0 aliphatic carbocycles. The van der Waals surface area contributed by atoms with Crippen LogP contribution in [0.4, 0.5) is 0 Å². The number of ether oxygens (including phenoxy) is 1. The lowest BCUT2D eigenvalue weighted by Gasteiger charge is -2.32. The van der Waals surface area contributed by atoms with Gasteiger partial charge in [0.15, 0.2) is 0 Å². The van der Waals surface area contributed by atoms with E-state index in [9.17, 15) is 0 Å². The highest BCUT2D eigenvalue weighted by molar-refractivity contribution is 5.82. The second-order valence-electron chi connectivity index (χ2n) is 8.07. The van der Waals surface area contributed by atoms with E-state index in [0.717, 1.165) is 66.9 Å². The van der Waals surface area contributed by atoms with Gasteiger partial charge in [0.1, 0.15) is 23.2 Å². The molecule has 0 spiro atoms. The quantitative estimate of drug-likeness (QED) is 0.388. The zero-order valence-corrected chi connectivity index (χ0v) is 17.2. The second-order valence-corrected chi connectivity index (χ2v) is 8.07. The molecule has 30 heavy (non-hydrogen) atoms. The van der Waals surface area contributed by atoms with Gasteiger partial charge in [-0.2, -0.15) is 0 Å². The Hall–Kier alpha value is -3.04.